The van der Waals surface area contributed by atoms with Gasteiger partial charge in [-0.3, -0.25) is 4.79 Å². The van der Waals surface area contributed by atoms with Crippen LogP contribution in [0.5, 0.6) is 0 Å². The van der Waals surface area contributed by atoms with E-state index in [0.29, 0.717) is 15.6 Å². The highest BCUT2D eigenvalue weighted by molar-refractivity contribution is 7.14. The monoisotopic (exact) mass is 270 g/mol. The Kier molecular flexibility index (Phi) is 3.33. The average molecular weight is 271 g/mol. The van der Waals surface area contributed by atoms with E-state index >= 15 is 0 Å². The number of carbonyl (C=O) groups excluding carboxylic acids is 1. The van der Waals surface area contributed by atoms with Gasteiger partial charge in [-0.25, -0.2) is 0 Å². The quantitative estimate of drug-likeness (QED) is 0.730. The molecule has 0 spiro atoms. The predicted octanol–water partition coefficient (Wildman–Crippen LogP) is 4.59. The summed E-state index contributed by atoms with van der Waals surface area (Å²) in [5.74, 6) is -0.0170. The first-order valence-corrected chi connectivity index (χ1v) is 6.21. The third-order valence-corrected chi connectivity index (χ3v) is 3.88. The third-order valence-electron chi connectivity index (χ3n) is 2.15. The minimum absolute atomic E-state index is 0.0170. The molecule has 0 atom stereocenters. The maximum Gasteiger partial charge on any atom is 0.203 e. The number of hydrogen-bond donors (Lipinski definition) is 0. The molecule has 0 unspecified atom stereocenters. The van der Waals surface area contributed by atoms with Gasteiger partial charge >= 0.3 is 0 Å². The number of halogens is 2. The van der Waals surface area contributed by atoms with Crippen LogP contribution in [0.2, 0.25) is 10.0 Å². The molecule has 0 aliphatic heterocycles. The molecule has 0 radical (unpaired) electrons. The number of aryl methyl sites for hydroxylation is 1. The first-order chi connectivity index (χ1) is 7.58. The fraction of sp³-hybridized carbons (Fsp3) is 0.0833. The third kappa shape index (κ3) is 2.29. The topological polar surface area (TPSA) is 17.1 Å². The van der Waals surface area contributed by atoms with Crippen molar-refractivity contribution < 1.29 is 4.79 Å². The maximum absolute atomic E-state index is 12.0. The van der Waals surface area contributed by atoms with Crippen LogP contribution in [0.1, 0.15) is 20.1 Å². The normalized spacial score (nSPS) is 10.4. The molecule has 1 aromatic carbocycles. The molecule has 1 nitrogen and oxygen atoms in total. The highest BCUT2D eigenvalue weighted by Crippen LogP contribution is 2.25. The number of ketones is 1. The van der Waals surface area contributed by atoms with Gasteiger partial charge in [0, 0.05) is 10.4 Å². The van der Waals surface area contributed by atoms with Crippen LogP contribution >= 0.6 is 34.5 Å². The van der Waals surface area contributed by atoms with E-state index in [-0.39, 0.29) is 5.78 Å². The fourth-order valence-corrected chi connectivity index (χ4v) is 2.46. The largest absolute Gasteiger partial charge is 0.288 e. The van der Waals surface area contributed by atoms with Crippen molar-refractivity contribution in [3.8, 4) is 0 Å². The fourth-order valence-electron chi connectivity index (χ4n) is 1.34. The predicted molar refractivity (Wildman–Crippen MR) is 69.0 cm³/mol. The van der Waals surface area contributed by atoms with Crippen LogP contribution in [-0.4, -0.2) is 5.78 Å². The molecule has 0 aliphatic rings. The first-order valence-electron chi connectivity index (χ1n) is 4.64. The molecule has 2 rings (SSSR count). The molecule has 0 amide bonds. The molecule has 2 aromatic rings. The average Bonchev–Trinajstić information content (AvgIpc) is 2.68. The van der Waals surface area contributed by atoms with Crippen LogP contribution in [0.15, 0.2) is 30.3 Å². The molecule has 4 heteroatoms. The van der Waals surface area contributed by atoms with Gasteiger partial charge in [0.15, 0.2) is 0 Å². The van der Waals surface area contributed by atoms with Gasteiger partial charge in [-0.15, -0.1) is 11.3 Å². The molecule has 1 aromatic heterocycles. The Labute approximate surface area is 108 Å². The summed E-state index contributed by atoms with van der Waals surface area (Å²) in [6.45, 7) is 1.97. The van der Waals surface area contributed by atoms with Crippen molar-refractivity contribution in [3.05, 3.63) is 55.7 Å². The number of carbonyl (C=O) groups is 1. The summed E-state index contributed by atoms with van der Waals surface area (Å²) < 4.78 is 0. The number of hydrogen-bond acceptors (Lipinski definition) is 2. The molecule has 16 heavy (non-hydrogen) atoms. The molecule has 0 saturated heterocycles. The van der Waals surface area contributed by atoms with E-state index in [2.05, 4.69) is 0 Å². The van der Waals surface area contributed by atoms with Crippen molar-refractivity contribution in [2.45, 2.75) is 6.92 Å². The van der Waals surface area contributed by atoms with Crippen LogP contribution in [0.3, 0.4) is 0 Å². The SMILES string of the molecule is Cc1ccc(C(=O)c2ccc(Cl)c(Cl)c2)s1. The lowest BCUT2D eigenvalue weighted by atomic mass is 10.1. The van der Waals surface area contributed by atoms with Crippen molar-refractivity contribution in [2.75, 3.05) is 0 Å². The van der Waals surface area contributed by atoms with E-state index in [1.54, 1.807) is 18.2 Å². The molecular weight excluding hydrogens is 263 g/mol. The van der Waals surface area contributed by atoms with Crippen molar-refractivity contribution in [3.63, 3.8) is 0 Å². The maximum atomic E-state index is 12.0. The molecular formula is C12H8Cl2OS. The Bertz CT molecular complexity index is 546. The minimum Gasteiger partial charge on any atom is -0.288 e. The van der Waals surface area contributed by atoms with E-state index in [9.17, 15) is 4.79 Å². The van der Waals surface area contributed by atoms with Crippen molar-refractivity contribution in [1.29, 1.82) is 0 Å². The molecule has 0 bridgehead atoms. The summed E-state index contributed by atoms with van der Waals surface area (Å²) in [4.78, 5) is 13.9. The zero-order valence-corrected chi connectivity index (χ0v) is 10.8. The Morgan fingerprint density at radius 1 is 1.12 bits per heavy atom. The van der Waals surface area contributed by atoms with Gasteiger partial charge < -0.3 is 0 Å². The lowest BCUT2D eigenvalue weighted by Crippen LogP contribution is -1.97. The van der Waals surface area contributed by atoms with Gasteiger partial charge in [-0.1, -0.05) is 23.2 Å². The summed E-state index contributed by atoms with van der Waals surface area (Å²) in [5.41, 5.74) is 0.566. The second-order valence-electron chi connectivity index (χ2n) is 3.37. The highest BCUT2D eigenvalue weighted by atomic mass is 35.5. The molecule has 82 valence electrons. The number of thiophene rings is 1. The second-order valence-corrected chi connectivity index (χ2v) is 5.47. The summed E-state index contributed by atoms with van der Waals surface area (Å²) in [5, 5.41) is 0.862. The number of rotatable bonds is 2. The van der Waals surface area contributed by atoms with Crippen molar-refractivity contribution in [1.82, 2.24) is 0 Å². The Morgan fingerprint density at radius 3 is 2.44 bits per heavy atom. The Morgan fingerprint density at radius 2 is 1.88 bits per heavy atom. The first kappa shape index (κ1) is 11.6. The van der Waals surface area contributed by atoms with Crippen LogP contribution < -0.4 is 0 Å². The lowest BCUT2D eigenvalue weighted by Gasteiger charge is -2.00. The Balaban J connectivity index is 2.38. The van der Waals surface area contributed by atoms with Gasteiger partial charge in [0.25, 0.3) is 0 Å². The van der Waals surface area contributed by atoms with Crippen molar-refractivity contribution >= 4 is 40.3 Å². The van der Waals surface area contributed by atoms with E-state index in [1.165, 1.54) is 11.3 Å². The highest BCUT2D eigenvalue weighted by Gasteiger charge is 2.12. The van der Waals surface area contributed by atoms with E-state index in [0.717, 1.165) is 9.75 Å². The summed E-state index contributed by atoms with van der Waals surface area (Å²) in [7, 11) is 0. The summed E-state index contributed by atoms with van der Waals surface area (Å²) >= 11 is 13.1. The van der Waals surface area contributed by atoms with E-state index in [4.69, 9.17) is 23.2 Å². The standard InChI is InChI=1S/C12H8Cl2OS/c1-7-2-5-11(16-7)12(15)8-3-4-9(13)10(14)6-8/h2-6H,1H3. The zero-order valence-electron chi connectivity index (χ0n) is 8.46. The molecule has 0 saturated carbocycles. The molecule has 0 aliphatic carbocycles. The molecule has 1 heterocycles. The van der Waals surface area contributed by atoms with Gasteiger partial charge in [0.05, 0.1) is 14.9 Å². The van der Waals surface area contributed by atoms with Crippen LogP contribution in [0, 0.1) is 6.92 Å². The van der Waals surface area contributed by atoms with E-state index in [1.807, 2.05) is 19.1 Å². The van der Waals surface area contributed by atoms with Crippen LogP contribution in [0.4, 0.5) is 0 Å². The molecule has 0 fully saturated rings. The van der Waals surface area contributed by atoms with Crippen LogP contribution in [-0.2, 0) is 0 Å². The van der Waals surface area contributed by atoms with Crippen LogP contribution in [0.25, 0.3) is 0 Å². The zero-order chi connectivity index (χ0) is 11.7. The van der Waals surface area contributed by atoms with Gasteiger partial charge in [-0.05, 0) is 37.3 Å². The van der Waals surface area contributed by atoms with Crippen molar-refractivity contribution in [2.24, 2.45) is 0 Å². The molecule has 0 N–H and O–H groups in total. The summed E-state index contributed by atoms with van der Waals surface area (Å²) in [6.07, 6.45) is 0. The van der Waals surface area contributed by atoms with Gasteiger partial charge in [0.1, 0.15) is 0 Å². The number of benzene rings is 1. The van der Waals surface area contributed by atoms with E-state index < -0.39 is 0 Å². The lowest BCUT2D eigenvalue weighted by molar-refractivity contribution is 0.104. The minimum atomic E-state index is -0.0170. The van der Waals surface area contributed by atoms with Gasteiger partial charge in [-0.2, -0.15) is 0 Å². The Hall–Kier alpha value is -0.830. The second kappa shape index (κ2) is 4.58. The smallest absolute Gasteiger partial charge is 0.203 e. The summed E-state index contributed by atoms with van der Waals surface area (Å²) in [6, 6.07) is 8.67. The van der Waals surface area contributed by atoms with Gasteiger partial charge in [0.2, 0.25) is 5.78 Å².